The van der Waals surface area contributed by atoms with Gasteiger partial charge in [-0.2, -0.15) is 0 Å². The minimum atomic E-state index is -0.771. The van der Waals surface area contributed by atoms with Crippen molar-refractivity contribution in [2.45, 2.75) is 26.9 Å². The van der Waals surface area contributed by atoms with Gasteiger partial charge in [0.05, 0.1) is 0 Å². The van der Waals surface area contributed by atoms with Crippen LogP contribution in [0, 0.1) is 19.7 Å². The summed E-state index contributed by atoms with van der Waals surface area (Å²) in [5.41, 5.74) is 1.10. The van der Waals surface area contributed by atoms with Crippen LogP contribution in [0.4, 0.5) is 21.8 Å². The predicted octanol–water partition coefficient (Wildman–Crippen LogP) is 3.49. The lowest BCUT2D eigenvalue weighted by atomic mass is 10.2. The topological polar surface area (TPSA) is 83.5 Å². The Kier molecular flexibility index (Phi) is 6.67. The lowest BCUT2D eigenvalue weighted by molar-refractivity contribution is -0.138. The molecule has 0 spiro atoms. The number of nitrogens with zero attached hydrogens (tertiary/aromatic N) is 5. The molecule has 4 rings (SSSR count). The van der Waals surface area contributed by atoms with Gasteiger partial charge in [0.1, 0.15) is 23.3 Å². The van der Waals surface area contributed by atoms with Gasteiger partial charge in [-0.25, -0.2) is 19.3 Å². The van der Waals surface area contributed by atoms with Gasteiger partial charge in [0.15, 0.2) is 17.7 Å². The highest BCUT2D eigenvalue weighted by molar-refractivity contribution is 5.81. The number of ether oxygens (including phenoxy) is 1. The second-order valence-corrected chi connectivity index (χ2v) is 8.00. The quantitative estimate of drug-likeness (QED) is 0.616. The fraction of sp³-hybridized carbons (Fsp3) is 0.333. The van der Waals surface area contributed by atoms with Gasteiger partial charge in [-0.15, -0.1) is 0 Å². The van der Waals surface area contributed by atoms with Crippen LogP contribution < -0.4 is 15.0 Å². The third-order valence-corrected chi connectivity index (χ3v) is 5.40. The highest BCUT2D eigenvalue weighted by atomic mass is 19.1. The lowest BCUT2D eigenvalue weighted by Crippen LogP contribution is -2.52. The summed E-state index contributed by atoms with van der Waals surface area (Å²) in [4.78, 5) is 30.0. The van der Waals surface area contributed by atoms with Crippen LogP contribution in [-0.4, -0.2) is 58.0 Å². The number of halogens is 1. The third-order valence-electron chi connectivity index (χ3n) is 5.40. The van der Waals surface area contributed by atoms with E-state index in [-0.39, 0.29) is 11.7 Å². The molecule has 1 saturated heterocycles. The summed E-state index contributed by atoms with van der Waals surface area (Å²) in [7, 11) is 0. The predicted molar refractivity (Wildman–Crippen MR) is 124 cm³/mol. The van der Waals surface area contributed by atoms with Crippen molar-refractivity contribution in [1.82, 2.24) is 19.9 Å². The maximum Gasteiger partial charge on any atom is 0.263 e. The molecular weight excluding hydrogens is 423 g/mol. The van der Waals surface area contributed by atoms with Crippen LogP contribution in [0.1, 0.15) is 18.3 Å². The van der Waals surface area contributed by atoms with Crippen LogP contribution in [0.2, 0.25) is 0 Å². The number of hydrogen-bond acceptors (Lipinski definition) is 7. The van der Waals surface area contributed by atoms with Crippen molar-refractivity contribution < 1.29 is 13.9 Å². The zero-order chi connectivity index (χ0) is 23.4. The summed E-state index contributed by atoms with van der Waals surface area (Å²) in [6.45, 7) is 7.79. The Morgan fingerprint density at radius 1 is 1.06 bits per heavy atom. The molecule has 0 radical (unpaired) electrons. The van der Waals surface area contributed by atoms with Crippen LogP contribution in [0.15, 0.2) is 48.7 Å². The molecule has 0 aliphatic carbocycles. The van der Waals surface area contributed by atoms with E-state index in [9.17, 15) is 9.18 Å². The van der Waals surface area contributed by atoms with E-state index in [1.165, 1.54) is 12.1 Å². The van der Waals surface area contributed by atoms with Gasteiger partial charge in [-0.3, -0.25) is 4.79 Å². The van der Waals surface area contributed by atoms with Crippen LogP contribution in [0.25, 0.3) is 0 Å². The summed E-state index contributed by atoms with van der Waals surface area (Å²) in [6, 6.07) is 11.9. The fourth-order valence-corrected chi connectivity index (χ4v) is 3.71. The number of pyridine rings is 1. The Hall–Kier alpha value is -3.75. The molecular formula is C24H27FN6O2. The maximum absolute atomic E-state index is 13.8. The highest BCUT2D eigenvalue weighted by Crippen LogP contribution is 2.22. The number of carbonyl (C=O) groups is 1. The molecule has 1 amide bonds. The van der Waals surface area contributed by atoms with Crippen molar-refractivity contribution in [2.75, 3.05) is 36.4 Å². The molecule has 9 heteroatoms. The number of piperazine rings is 1. The van der Waals surface area contributed by atoms with Gasteiger partial charge in [0, 0.05) is 38.4 Å². The van der Waals surface area contributed by atoms with Gasteiger partial charge in [-0.05, 0) is 50.6 Å². The van der Waals surface area contributed by atoms with E-state index in [1.807, 2.05) is 32.0 Å². The van der Waals surface area contributed by atoms with E-state index in [0.717, 1.165) is 17.2 Å². The van der Waals surface area contributed by atoms with Crippen molar-refractivity contribution in [3.05, 3.63) is 65.9 Å². The smallest absolute Gasteiger partial charge is 0.263 e. The molecule has 1 aliphatic heterocycles. The number of nitrogens with one attached hydrogen (secondary N) is 1. The Bertz CT molecular complexity index is 1130. The zero-order valence-electron chi connectivity index (χ0n) is 19.0. The molecule has 1 aliphatic rings. The molecule has 172 valence electrons. The van der Waals surface area contributed by atoms with Crippen molar-refractivity contribution in [3.63, 3.8) is 0 Å². The summed E-state index contributed by atoms with van der Waals surface area (Å²) >= 11 is 0. The van der Waals surface area contributed by atoms with Gasteiger partial charge in [0.2, 0.25) is 0 Å². The molecule has 1 atom stereocenters. The number of amides is 1. The van der Waals surface area contributed by atoms with E-state index in [0.29, 0.717) is 37.8 Å². The van der Waals surface area contributed by atoms with Gasteiger partial charge < -0.3 is 19.9 Å². The number of hydrogen-bond donors (Lipinski definition) is 1. The second-order valence-electron chi connectivity index (χ2n) is 8.00. The molecule has 1 N–H and O–H groups in total. The number of rotatable bonds is 6. The van der Waals surface area contributed by atoms with Crippen LogP contribution in [-0.2, 0) is 4.79 Å². The van der Waals surface area contributed by atoms with Crippen molar-refractivity contribution in [2.24, 2.45) is 0 Å². The first-order valence-corrected chi connectivity index (χ1v) is 10.9. The van der Waals surface area contributed by atoms with Crippen molar-refractivity contribution in [1.29, 1.82) is 0 Å². The van der Waals surface area contributed by atoms with E-state index >= 15 is 0 Å². The molecule has 2 aromatic heterocycles. The molecule has 0 saturated carbocycles. The van der Waals surface area contributed by atoms with Crippen molar-refractivity contribution >= 4 is 23.4 Å². The Morgan fingerprint density at radius 3 is 2.55 bits per heavy atom. The largest absolute Gasteiger partial charge is 0.478 e. The monoisotopic (exact) mass is 450 g/mol. The maximum atomic E-state index is 13.8. The third kappa shape index (κ3) is 5.54. The van der Waals surface area contributed by atoms with E-state index in [2.05, 4.69) is 25.2 Å². The first-order chi connectivity index (χ1) is 15.9. The molecule has 1 fully saturated rings. The highest BCUT2D eigenvalue weighted by Gasteiger charge is 2.27. The molecule has 1 aromatic carbocycles. The standard InChI is InChI=1S/C24H27FN6O2/c1-16-8-9-26-21(14-16)29-22-15-23(28-18(3)27-22)30-10-12-31(13-11-30)24(32)17(2)33-20-7-5-4-6-19(20)25/h4-9,14-15,17H,10-13H2,1-3H3,(H,26,27,28,29). The average Bonchev–Trinajstić information content (AvgIpc) is 2.80. The number of benzene rings is 1. The first-order valence-electron chi connectivity index (χ1n) is 10.9. The Morgan fingerprint density at radius 2 is 1.82 bits per heavy atom. The summed E-state index contributed by atoms with van der Waals surface area (Å²) < 4.78 is 19.4. The zero-order valence-corrected chi connectivity index (χ0v) is 19.0. The van der Waals surface area contributed by atoms with Crippen LogP contribution in [0.5, 0.6) is 5.75 Å². The number of para-hydroxylation sites is 1. The Labute approximate surface area is 192 Å². The Balaban J connectivity index is 1.37. The van der Waals surface area contributed by atoms with Crippen LogP contribution in [0.3, 0.4) is 0 Å². The minimum Gasteiger partial charge on any atom is -0.478 e. The summed E-state index contributed by atoms with van der Waals surface area (Å²) in [6.07, 6.45) is 0.979. The number of aromatic nitrogens is 3. The summed E-state index contributed by atoms with van der Waals surface area (Å²) in [5, 5.41) is 3.23. The molecule has 1 unspecified atom stereocenters. The van der Waals surface area contributed by atoms with Crippen LogP contribution >= 0.6 is 0 Å². The normalized spacial score (nSPS) is 14.7. The first kappa shape index (κ1) is 22.4. The van der Waals surface area contributed by atoms with E-state index < -0.39 is 11.9 Å². The number of aryl methyl sites for hydroxylation is 2. The fourth-order valence-electron chi connectivity index (χ4n) is 3.71. The van der Waals surface area contributed by atoms with Gasteiger partial charge in [0.25, 0.3) is 5.91 Å². The molecule has 3 aromatic rings. The van der Waals surface area contributed by atoms with Gasteiger partial charge in [-0.1, -0.05) is 12.1 Å². The minimum absolute atomic E-state index is 0.0802. The number of anilines is 3. The van der Waals surface area contributed by atoms with E-state index in [4.69, 9.17) is 4.74 Å². The van der Waals surface area contributed by atoms with Gasteiger partial charge >= 0.3 is 0 Å². The molecule has 0 bridgehead atoms. The van der Waals surface area contributed by atoms with Crippen molar-refractivity contribution in [3.8, 4) is 5.75 Å². The lowest BCUT2D eigenvalue weighted by Gasteiger charge is -2.36. The second kappa shape index (κ2) is 9.81. The average molecular weight is 451 g/mol. The summed E-state index contributed by atoms with van der Waals surface area (Å²) in [5.74, 6) is 2.26. The molecule has 8 nitrogen and oxygen atoms in total. The molecule has 3 heterocycles. The molecule has 33 heavy (non-hydrogen) atoms. The van der Waals surface area contributed by atoms with E-state index in [1.54, 1.807) is 30.2 Å². The SMILES string of the molecule is Cc1ccnc(Nc2cc(N3CCN(C(=O)C(C)Oc4ccccc4F)CC3)nc(C)n2)c1. The number of carbonyl (C=O) groups excluding carboxylic acids is 1.